The quantitative estimate of drug-likeness (QED) is 0.517. The second-order valence-corrected chi connectivity index (χ2v) is 7.32. The number of primary amides is 1. The molecule has 2 heterocycles. The summed E-state index contributed by atoms with van der Waals surface area (Å²) >= 11 is 1.48. The van der Waals surface area contributed by atoms with Gasteiger partial charge in [-0.25, -0.2) is 9.78 Å². The van der Waals surface area contributed by atoms with E-state index in [1.165, 1.54) is 16.9 Å². The summed E-state index contributed by atoms with van der Waals surface area (Å²) in [5.74, 6) is 0.766. The van der Waals surface area contributed by atoms with E-state index < -0.39 is 12.1 Å². The summed E-state index contributed by atoms with van der Waals surface area (Å²) in [6.07, 6.45) is 4.47. The zero-order valence-corrected chi connectivity index (χ0v) is 16.2. The smallest absolute Gasteiger partial charge is 0.312 e. The van der Waals surface area contributed by atoms with Crippen LogP contribution in [0.3, 0.4) is 0 Å². The van der Waals surface area contributed by atoms with E-state index >= 15 is 0 Å². The van der Waals surface area contributed by atoms with Crippen LogP contribution in [0.25, 0.3) is 0 Å². The first-order valence-electron chi connectivity index (χ1n) is 9.02. The maximum Gasteiger partial charge on any atom is 0.312 e. The van der Waals surface area contributed by atoms with Crippen molar-refractivity contribution in [3.63, 3.8) is 0 Å². The normalized spacial score (nSPS) is 11.7. The number of nitrogens with zero attached hydrogens (tertiary/aromatic N) is 2. The fourth-order valence-electron chi connectivity index (χ4n) is 2.95. The van der Waals surface area contributed by atoms with E-state index in [4.69, 9.17) is 5.73 Å². The van der Waals surface area contributed by atoms with Crippen LogP contribution in [0.2, 0.25) is 0 Å². The summed E-state index contributed by atoms with van der Waals surface area (Å²) in [4.78, 5) is 28.8. The van der Waals surface area contributed by atoms with E-state index in [0.717, 1.165) is 17.2 Å². The molecule has 3 rings (SSSR count). The van der Waals surface area contributed by atoms with Gasteiger partial charge in [-0.3, -0.25) is 4.79 Å². The van der Waals surface area contributed by atoms with Gasteiger partial charge in [-0.2, -0.15) is 0 Å². The van der Waals surface area contributed by atoms with Crippen molar-refractivity contribution >= 4 is 23.3 Å². The Morgan fingerprint density at radius 1 is 1.18 bits per heavy atom. The number of benzene rings is 1. The molecule has 3 aromatic rings. The summed E-state index contributed by atoms with van der Waals surface area (Å²) in [6, 6.07) is 12.8. The van der Waals surface area contributed by atoms with Crippen molar-refractivity contribution in [3.05, 3.63) is 76.5 Å². The molecule has 8 heteroatoms. The van der Waals surface area contributed by atoms with Gasteiger partial charge in [0.25, 0.3) is 0 Å². The van der Waals surface area contributed by atoms with Crippen molar-refractivity contribution in [2.24, 2.45) is 5.73 Å². The van der Waals surface area contributed by atoms with E-state index in [-0.39, 0.29) is 12.3 Å². The van der Waals surface area contributed by atoms with Gasteiger partial charge in [0.2, 0.25) is 5.91 Å². The van der Waals surface area contributed by atoms with Crippen LogP contribution >= 0.6 is 11.3 Å². The number of aromatic nitrogens is 2. The Kier molecular flexibility index (Phi) is 6.80. The molecule has 0 fully saturated rings. The molecule has 0 aliphatic heterocycles. The third-order valence-corrected chi connectivity index (χ3v) is 5.25. The minimum Gasteiger partial charge on any atom is -0.356 e. The first kappa shape index (κ1) is 19.6. The van der Waals surface area contributed by atoms with E-state index in [1.807, 2.05) is 41.9 Å². The van der Waals surface area contributed by atoms with E-state index in [1.54, 1.807) is 6.20 Å². The number of nitrogens with two attached hydrogens (primary N) is 1. The SMILES string of the molecule is NC(=O)NC(CC(=O)NCCc1nccn1Cc1ccccc1)c1cccs1. The molecular weight excluding hydrogens is 374 g/mol. The van der Waals surface area contributed by atoms with E-state index in [2.05, 4.69) is 32.3 Å². The number of carbonyl (C=O) groups excluding carboxylic acids is 2. The van der Waals surface area contributed by atoms with Gasteiger partial charge in [-0.1, -0.05) is 36.4 Å². The minimum absolute atomic E-state index is 0.141. The summed E-state index contributed by atoms with van der Waals surface area (Å²) in [7, 11) is 0. The first-order valence-corrected chi connectivity index (χ1v) is 9.90. The molecule has 0 saturated heterocycles. The summed E-state index contributed by atoms with van der Waals surface area (Å²) in [6.45, 7) is 1.21. The lowest BCUT2D eigenvalue weighted by Gasteiger charge is -2.16. The molecule has 2 aromatic heterocycles. The van der Waals surface area contributed by atoms with Gasteiger partial charge in [0.1, 0.15) is 5.82 Å². The Hall–Kier alpha value is -3.13. The van der Waals surface area contributed by atoms with Crippen LogP contribution in [0.1, 0.15) is 28.7 Å². The largest absolute Gasteiger partial charge is 0.356 e. The zero-order valence-electron chi connectivity index (χ0n) is 15.4. The molecule has 7 nitrogen and oxygen atoms in total. The van der Waals surface area contributed by atoms with E-state index in [0.29, 0.717) is 13.0 Å². The molecule has 0 aliphatic carbocycles. The van der Waals surface area contributed by atoms with Crippen LogP contribution < -0.4 is 16.4 Å². The molecule has 0 spiro atoms. The highest BCUT2D eigenvalue weighted by Gasteiger charge is 2.18. The highest BCUT2D eigenvalue weighted by atomic mass is 32.1. The van der Waals surface area contributed by atoms with Crippen molar-refractivity contribution in [1.82, 2.24) is 20.2 Å². The van der Waals surface area contributed by atoms with E-state index in [9.17, 15) is 9.59 Å². The number of hydrogen-bond donors (Lipinski definition) is 3. The molecule has 3 amide bonds. The number of amides is 3. The lowest BCUT2D eigenvalue weighted by Crippen LogP contribution is -2.36. The van der Waals surface area contributed by atoms with Crippen LogP contribution in [-0.4, -0.2) is 28.0 Å². The molecule has 0 saturated carbocycles. The monoisotopic (exact) mass is 397 g/mol. The fraction of sp³-hybridized carbons (Fsp3) is 0.250. The molecule has 28 heavy (non-hydrogen) atoms. The Balaban J connectivity index is 1.50. The molecule has 0 aliphatic rings. The van der Waals surface area contributed by atoms with Crippen LogP contribution in [-0.2, 0) is 17.8 Å². The lowest BCUT2D eigenvalue weighted by atomic mass is 10.1. The van der Waals surface area contributed by atoms with Crippen LogP contribution in [0.4, 0.5) is 4.79 Å². The maximum absolute atomic E-state index is 12.3. The molecule has 1 aromatic carbocycles. The van der Waals surface area contributed by atoms with Crippen molar-refractivity contribution in [3.8, 4) is 0 Å². The Bertz CT molecular complexity index is 892. The highest BCUT2D eigenvalue weighted by molar-refractivity contribution is 7.10. The lowest BCUT2D eigenvalue weighted by molar-refractivity contribution is -0.121. The first-order chi connectivity index (χ1) is 13.6. The molecule has 4 N–H and O–H groups in total. The van der Waals surface area contributed by atoms with Crippen molar-refractivity contribution in [1.29, 1.82) is 0 Å². The number of hydrogen-bond acceptors (Lipinski definition) is 4. The minimum atomic E-state index is -0.644. The average Bonchev–Trinajstić information content (AvgIpc) is 3.34. The fourth-order valence-corrected chi connectivity index (χ4v) is 3.73. The van der Waals surface area contributed by atoms with Crippen LogP contribution in [0.5, 0.6) is 0 Å². The van der Waals surface area contributed by atoms with Gasteiger partial charge in [0.05, 0.1) is 12.5 Å². The second kappa shape index (κ2) is 9.70. The molecule has 0 radical (unpaired) electrons. The average molecular weight is 398 g/mol. The standard InChI is InChI=1S/C20H23N5O2S/c21-20(27)24-16(17-7-4-12-28-17)13-19(26)23-9-8-18-22-10-11-25(18)14-15-5-2-1-3-6-15/h1-7,10-12,16H,8-9,13-14H2,(H,23,26)(H3,21,24,27). The topological polar surface area (TPSA) is 102 Å². The number of imidazole rings is 1. The van der Waals surface area contributed by atoms with Gasteiger partial charge in [-0.15, -0.1) is 11.3 Å². The third-order valence-electron chi connectivity index (χ3n) is 4.26. The summed E-state index contributed by atoms with van der Waals surface area (Å²) in [5, 5.41) is 7.42. The van der Waals surface area contributed by atoms with Gasteiger partial charge in [0, 0.05) is 36.8 Å². The number of rotatable bonds is 9. The molecular formula is C20H23N5O2S. The second-order valence-electron chi connectivity index (χ2n) is 6.34. The van der Waals surface area contributed by atoms with Gasteiger partial charge >= 0.3 is 6.03 Å². The zero-order chi connectivity index (χ0) is 19.8. The maximum atomic E-state index is 12.3. The number of thiophene rings is 1. The molecule has 0 bridgehead atoms. The third kappa shape index (κ3) is 5.68. The molecule has 1 unspecified atom stereocenters. The van der Waals surface area contributed by atoms with Gasteiger partial charge in [0.15, 0.2) is 0 Å². The van der Waals surface area contributed by atoms with Crippen molar-refractivity contribution in [2.45, 2.75) is 25.4 Å². The van der Waals surface area contributed by atoms with Gasteiger partial charge < -0.3 is 20.9 Å². The molecule has 1 atom stereocenters. The summed E-state index contributed by atoms with van der Waals surface area (Å²) in [5.41, 5.74) is 6.43. The Morgan fingerprint density at radius 3 is 2.71 bits per heavy atom. The molecule has 146 valence electrons. The van der Waals surface area contributed by atoms with Crippen LogP contribution in [0, 0.1) is 0 Å². The summed E-state index contributed by atoms with van der Waals surface area (Å²) < 4.78 is 2.07. The van der Waals surface area contributed by atoms with Gasteiger partial charge in [-0.05, 0) is 17.0 Å². The van der Waals surface area contributed by atoms with Crippen LogP contribution in [0.15, 0.2) is 60.2 Å². The van der Waals surface area contributed by atoms with Crippen molar-refractivity contribution < 1.29 is 9.59 Å². The Labute approximate surface area is 167 Å². The van der Waals surface area contributed by atoms with Crippen molar-refractivity contribution in [2.75, 3.05) is 6.54 Å². The number of urea groups is 1. The Morgan fingerprint density at radius 2 is 2.00 bits per heavy atom. The predicted octanol–water partition coefficient (Wildman–Crippen LogP) is 2.45. The highest BCUT2D eigenvalue weighted by Crippen LogP contribution is 2.21. The number of nitrogens with one attached hydrogen (secondary N) is 2. The predicted molar refractivity (Wildman–Crippen MR) is 109 cm³/mol. The number of carbonyl (C=O) groups is 2.